The lowest BCUT2D eigenvalue weighted by atomic mass is 10.1. The summed E-state index contributed by atoms with van der Waals surface area (Å²) < 4.78 is 0. The molecule has 18 heavy (non-hydrogen) atoms. The number of nitrogens with one attached hydrogen (secondary N) is 1. The van der Waals surface area contributed by atoms with Gasteiger partial charge in [-0.05, 0) is 23.8 Å². The van der Waals surface area contributed by atoms with Crippen molar-refractivity contribution in [3.63, 3.8) is 0 Å². The van der Waals surface area contributed by atoms with Crippen LogP contribution in [0.4, 0.5) is 0 Å². The Labute approximate surface area is 108 Å². The molecule has 0 aliphatic rings. The first-order valence-electron chi connectivity index (χ1n) is 6.51. The normalized spacial score (nSPS) is 12.8. The number of aromatic nitrogens is 1. The van der Waals surface area contributed by atoms with Gasteiger partial charge in [0.2, 0.25) is 0 Å². The molecule has 0 radical (unpaired) electrons. The SMILES string of the molecule is CCC(CCO)NCc1cncc2ccccc12. The number of nitrogens with zero attached hydrogens (tertiary/aromatic N) is 1. The molecule has 1 heterocycles. The fraction of sp³-hybridized carbons (Fsp3) is 0.400. The fourth-order valence-electron chi connectivity index (χ4n) is 2.18. The van der Waals surface area contributed by atoms with Crippen molar-refractivity contribution in [3.05, 3.63) is 42.2 Å². The van der Waals surface area contributed by atoms with E-state index in [9.17, 15) is 0 Å². The largest absolute Gasteiger partial charge is 0.396 e. The summed E-state index contributed by atoms with van der Waals surface area (Å²) in [5.41, 5.74) is 1.21. The molecule has 3 nitrogen and oxygen atoms in total. The van der Waals surface area contributed by atoms with Gasteiger partial charge in [-0.15, -0.1) is 0 Å². The topological polar surface area (TPSA) is 45.1 Å². The number of hydrogen-bond donors (Lipinski definition) is 2. The van der Waals surface area contributed by atoms with Crippen molar-refractivity contribution in [1.82, 2.24) is 10.3 Å². The summed E-state index contributed by atoms with van der Waals surface area (Å²) in [6.45, 7) is 3.17. The first-order valence-corrected chi connectivity index (χ1v) is 6.51. The fourth-order valence-corrected chi connectivity index (χ4v) is 2.18. The van der Waals surface area contributed by atoms with Crippen molar-refractivity contribution in [2.24, 2.45) is 0 Å². The van der Waals surface area contributed by atoms with Crippen molar-refractivity contribution >= 4 is 10.8 Å². The lowest BCUT2D eigenvalue weighted by Gasteiger charge is -2.16. The van der Waals surface area contributed by atoms with Crippen LogP contribution in [0.2, 0.25) is 0 Å². The molecular weight excluding hydrogens is 224 g/mol. The molecule has 1 unspecified atom stereocenters. The summed E-state index contributed by atoms with van der Waals surface area (Å²) in [7, 11) is 0. The van der Waals surface area contributed by atoms with Crippen LogP contribution < -0.4 is 5.32 Å². The Kier molecular flexibility index (Phi) is 4.67. The van der Waals surface area contributed by atoms with Crippen LogP contribution in [0.1, 0.15) is 25.3 Å². The van der Waals surface area contributed by atoms with E-state index in [4.69, 9.17) is 5.11 Å². The van der Waals surface area contributed by atoms with E-state index in [1.54, 1.807) is 0 Å². The lowest BCUT2D eigenvalue weighted by molar-refractivity contribution is 0.262. The van der Waals surface area contributed by atoms with E-state index < -0.39 is 0 Å². The molecule has 0 aliphatic heterocycles. The molecule has 1 aromatic heterocycles. The summed E-state index contributed by atoms with van der Waals surface area (Å²) in [5.74, 6) is 0. The van der Waals surface area contributed by atoms with Gasteiger partial charge in [-0.25, -0.2) is 0 Å². The molecule has 0 fully saturated rings. The van der Waals surface area contributed by atoms with Gasteiger partial charge < -0.3 is 10.4 Å². The lowest BCUT2D eigenvalue weighted by Crippen LogP contribution is -2.28. The van der Waals surface area contributed by atoms with Gasteiger partial charge in [0, 0.05) is 37.0 Å². The van der Waals surface area contributed by atoms with Crippen LogP contribution in [0, 0.1) is 0 Å². The first kappa shape index (κ1) is 13.0. The highest BCUT2D eigenvalue weighted by molar-refractivity contribution is 5.84. The zero-order chi connectivity index (χ0) is 12.8. The summed E-state index contributed by atoms with van der Waals surface area (Å²) in [6, 6.07) is 8.66. The number of aliphatic hydroxyl groups excluding tert-OH is 1. The average molecular weight is 244 g/mol. The number of rotatable bonds is 6. The number of hydrogen-bond acceptors (Lipinski definition) is 3. The van der Waals surface area contributed by atoms with Crippen LogP contribution in [0.5, 0.6) is 0 Å². The van der Waals surface area contributed by atoms with Gasteiger partial charge in [0.05, 0.1) is 0 Å². The average Bonchev–Trinajstić information content (AvgIpc) is 2.43. The Hall–Kier alpha value is -1.45. The van der Waals surface area contributed by atoms with E-state index in [2.05, 4.69) is 35.4 Å². The maximum atomic E-state index is 8.98. The third-order valence-corrected chi connectivity index (χ3v) is 3.30. The van der Waals surface area contributed by atoms with Gasteiger partial charge in [0.25, 0.3) is 0 Å². The van der Waals surface area contributed by atoms with Gasteiger partial charge in [-0.1, -0.05) is 31.2 Å². The molecule has 0 saturated heterocycles. The number of benzene rings is 1. The maximum Gasteiger partial charge on any atom is 0.0445 e. The predicted octanol–water partition coefficient (Wildman–Crippen LogP) is 2.49. The highest BCUT2D eigenvalue weighted by atomic mass is 16.3. The molecular formula is C15H20N2O. The Balaban J connectivity index is 2.11. The van der Waals surface area contributed by atoms with Crippen LogP contribution >= 0.6 is 0 Å². The van der Waals surface area contributed by atoms with E-state index >= 15 is 0 Å². The number of fused-ring (bicyclic) bond motifs is 1. The van der Waals surface area contributed by atoms with E-state index in [0.717, 1.165) is 19.4 Å². The summed E-state index contributed by atoms with van der Waals surface area (Å²) >= 11 is 0. The number of pyridine rings is 1. The Morgan fingerprint density at radius 3 is 2.89 bits per heavy atom. The molecule has 0 amide bonds. The minimum atomic E-state index is 0.235. The molecule has 2 aromatic rings. The molecule has 2 N–H and O–H groups in total. The highest BCUT2D eigenvalue weighted by Gasteiger charge is 2.06. The molecule has 0 spiro atoms. The Bertz CT molecular complexity index is 493. The van der Waals surface area contributed by atoms with Crippen molar-refractivity contribution in [2.45, 2.75) is 32.4 Å². The Morgan fingerprint density at radius 2 is 2.11 bits per heavy atom. The van der Waals surface area contributed by atoms with Gasteiger partial charge in [0.1, 0.15) is 0 Å². The molecule has 1 aromatic carbocycles. The van der Waals surface area contributed by atoms with Gasteiger partial charge in [0.15, 0.2) is 0 Å². The zero-order valence-corrected chi connectivity index (χ0v) is 10.8. The van der Waals surface area contributed by atoms with Crippen molar-refractivity contribution in [1.29, 1.82) is 0 Å². The van der Waals surface area contributed by atoms with Crippen LogP contribution in [0.3, 0.4) is 0 Å². The minimum absolute atomic E-state index is 0.235. The quantitative estimate of drug-likeness (QED) is 0.820. The zero-order valence-electron chi connectivity index (χ0n) is 10.8. The molecule has 1 atom stereocenters. The van der Waals surface area contributed by atoms with Crippen molar-refractivity contribution in [2.75, 3.05) is 6.61 Å². The maximum absolute atomic E-state index is 8.98. The standard InChI is InChI=1S/C15H20N2O/c1-2-14(7-8-18)17-11-13-10-16-9-12-5-3-4-6-15(12)13/h3-6,9-10,14,17-18H,2,7-8,11H2,1H3. The summed E-state index contributed by atoms with van der Waals surface area (Å²) in [5, 5.41) is 14.9. The van der Waals surface area contributed by atoms with Gasteiger partial charge in [-0.3, -0.25) is 4.98 Å². The highest BCUT2D eigenvalue weighted by Crippen LogP contribution is 2.17. The molecule has 96 valence electrons. The third-order valence-electron chi connectivity index (χ3n) is 3.30. The van der Waals surface area contributed by atoms with E-state index in [-0.39, 0.29) is 6.61 Å². The monoisotopic (exact) mass is 244 g/mol. The molecule has 0 saturated carbocycles. The summed E-state index contributed by atoms with van der Waals surface area (Å²) in [4.78, 5) is 4.27. The molecule has 3 heteroatoms. The van der Waals surface area contributed by atoms with Crippen LogP contribution in [-0.4, -0.2) is 22.7 Å². The van der Waals surface area contributed by atoms with Crippen molar-refractivity contribution < 1.29 is 5.11 Å². The van der Waals surface area contributed by atoms with E-state index in [1.165, 1.54) is 16.3 Å². The predicted molar refractivity (Wildman–Crippen MR) is 74.4 cm³/mol. The van der Waals surface area contributed by atoms with Gasteiger partial charge >= 0.3 is 0 Å². The second-order valence-electron chi connectivity index (χ2n) is 4.52. The third kappa shape index (κ3) is 3.06. The molecule has 0 bridgehead atoms. The van der Waals surface area contributed by atoms with E-state index in [1.807, 2.05) is 18.5 Å². The summed E-state index contributed by atoms with van der Waals surface area (Å²) in [6.07, 6.45) is 5.64. The van der Waals surface area contributed by atoms with Gasteiger partial charge in [-0.2, -0.15) is 0 Å². The van der Waals surface area contributed by atoms with Crippen LogP contribution in [0.25, 0.3) is 10.8 Å². The van der Waals surface area contributed by atoms with Crippen LogP contribution in [0.15, 0.2) is 36.7 Å². The Morgan fingerprint density at radius 1 is 1.28 bits per heavy atom. The smallest absolute Gasteiger partial charge is 0.0445 e. The molecule has 0 aliphatic carbocycles. The van der Waals surface area contributed by atoms with Crippen LogP contribution in [-0.2, 0) is 6.54 Å². The minimum Gasteiger partial charge on any atom is -0.396 e. The van der Waals surface area contributed by atoms with E-state index in [0.29, 0.717) is 6.04 Å². The molecule has 2 rings (SSSR count). The van der Waals surface area contributed by atoms with Crippen molar-refractivity contribution in [3.8, 4) is 0 Å². The first-order chi connectivity index (χ1) is 8.85. The number of aliphatic hydroxyl groups is 1. The second-order valence-corrected chi connectivity index (χ2v) is 4.52. The second kappa shape index (κ2) is 6.47.